The Hall–Kier alpha value is -0.0500. The van der Waals surface area contributed by atoms with Gasteiger partial charge in [-0.05, 0) is 49.9 Å². The third-order valence-corrected chi connectivity index (χ3v) is 6.93. The number of fused-ring (bicyclic) bond motifs is 1. The van der Waals surface area contributed by atoms with Gasteiger partial charge < -0.3 is 5.32 Å². The number of nitrogens with one attached hydrogen (secondary N) is 1. The molecule has 0 bridgehead atoms. The van der Waals surface area contributed by atoms with Gasteiger partial charge in [-0.15, -0.1) is 0 Å². The fourth-order valence-electron chi connectivity index (χ4n) is 4.82. The summed E-state index contributed by atoms with van der Waals surface area (Å²) in [5, 5.41) is 4.41. The van der Waals surface area contributed by atoms with E-state index in [0.29, 0.717) is 23.8 Å². The normalized spacial score (nSPS) is 41.1. The first-order chi connectivity index (χ1) is 9.78. The minimum atomic E-state index is 0.311. The zero-order valence-corrected chi connectivity index (χ0v) is 14.0. The maximum atomic E-state index is 12.6. The van der Waals surface area contributed by atoms with Crippen LogP contribution in [0, 0.1) is 23.7 Å². The molecule has 3 rings (SSSR count). The number of hydrogen-bond donors (Lipinski definition) is 1. The van der Waals surface area contributed by atoms with Crippen LogP contribution in [0.2, 0.25) is 0 Å². The Kier molecular flexibility index (Phi) is 5.06. The average Bonchev–Trinajstić information content (AvgIpc) is 2.94. The van der Waals surface area contributed by atoms with Crippen LogP contribution in [-0.4, -0.2) is 17.3 Å². The van der Waals surface area contributed by atoms with Gasteiger partial charge in [0.2, 0.25) is 5.91 Å². The zero-order valence-electron chi connectivity index (χ0n) is 12.5. The molecule has 5 unspecified atom stereocenters. The van der Waals surface area contributed by atoms with E-state index >= 15 is 0 Å². The zero-order chi connectivity index (χ0) is 13.9. The van der Waals surface area contributed by atoms with Gasteiger partial charge >= 0.3 is 0 Å². The summed E-state index contributed by atoms with van der Waals surface area (Å²) in [6.07, 6.45) is 12.9. The Morgan fingerprint density at radius 2 is 1.75 bits per heavy atom. The number of halogens is 1. The Morgan fingerprint density at radius 1 is 0.950 bits per heavy atom. The second kappa shape index (κ2) is 6.81. The molecule has 2 nitrogen and oxygen atoms in total. The number of rotatable bonds is 3. The Balaban J connectivity index is 1.52. The van der Waals surface area contributed by atoms with Gasteiger partial charge in [0.05, 0.1) is 0 Å². The first kappa shape index (κ1) is 14.9. The highest BCUT2D eigenvalue weighted by Gasteiger charge is 2.36. The summed E-state index contributed by atoms with van der Waals surface area (Å²) in [5.74, 6) is 3.13. The van der Waals surface area contributed by atoms with Crippen LogP contribution in [0.4, 0.5) is 0 Å². The Labute approximate surface area is 131 Å². The third kappa shape index (κ3) is 3.23. The summed E-state index contributed by atoms with van der Waals surface area (Å²) < 4.78 is 0. The van der Waals surface area contributed by atoms with Gasteiger partial charge in [0.1, 0.15) is 0 Å². The number of hydrogen-bond acceptors (Lipinski definition) is 1. The van der Waals surface area contributed by atoms with Gasteiger partial charge in [0.15, 0.2) is 0 Å². The Bertz CT molecular complexity index is 346. The van der Waals surface area contributed by atoms with Crippen molar-refractivity contribution in [3.05, 3.63) is 0 Å². The van der Waals surface area contributed by atoms with Gasteiger partial charge in [0, 0.05) is 17.3 Å². The van der Waals surface area contributed by atoms with E-state index in [4.69, 9.17) is 0 Å². The summed E-state index contributed by atoms with van der Waals surface area (Å²) in [7, 11) is 0. The predicted molar refractivity (Wildman–Crippen MR) is 85.9 cm³/mol. The van der Waals surface area contributed by atoms with E-state index in [0.717, 1.165) is 23.6 Å². The van der Waals surface area contributed by atoms with Gasteiger partial charge in [-0.2, -0.15) is 0 Å². The maximum Gasteiger partial charge on any atom is 0.223 e. The maximum absolute atomic E-state index is 12.6. The van der Waals surface area contributed by atoms with E-state index in [-0.39, 0.29) is 0 Å². The summed E-state index contributed by atoms with van der Waals surface area (Å²) in [4.78, 5) is 12.6. The SMILES string of the molecule is O=C(NC1CCCC1CBr)C1CCC2CCCCC2C1. The van der Waals surface area contributed by atoms with E-state index in [9.17, 15) is 4.79 Å². The molecule has 0 heterocycles. The first-order valence-corrected chi connectivity index (χ1v) is 9.76. The average molecular weight is 342 g/mol. The fourth-order valence-corrected chi connectivity index (χ4v) is 5.60. The molecule has 20 heavy (non-hydrogen) atoms. The van der Waals surface area contributed by atoms with Crippen LogP contribution >= 0.6 is 15.9 Å². The van der Waals surface area contributed by atoms with Crippen LogP contribution in [-0.2, 0) is 4.79 Å². The molecule has 0 saturated heterocycles. The molecule has 0 aliphatic heterocycles. The first-order valence-electron chi connectivity index (χ1n) is 8.64. The van der Waals surface area contributed by atoms with Crippen molar-refractivity contribution in [1.29, 1.82) is 0 Å². The molecule has 114 valence electrons. The molecule has 0 radical (unpaired) electrons. The predicted octanol–water partition coefficient (Wildman–Crippen LogP) is 4.27. The van der Waals surface area contributed by atoms with Crippen molar-refractivity contribution < 1.29 is 4.79 Å². The van der Waals surface area contributed by atoms with Crippen LogP contribution in [0.25, 0.3) is 0 Å². The molecule has 1 amide bonds. The molecular weight excluding hydrogens is 314 g/mol. The van der Waals surface area contributed by atoms with E-state index < -0.39 is 0 Å². The number of alkyl halides is 1. The van der Waals surface area contributed by atoms with Gasteiger partial charge in [-0.3, -0.25) is 4.79 Å². The molecule has 0 spiro atoms. The fraction of sp³-hybridized carbons (Fsp3) is 0.941. The van der Waals surface area contributed by atoms with Crippen molar-refractivity contribution in [2.24, 2.45) is 23.7 Å². The summed E-state index contributed by atoms with van der Waals surface area (Å²) in [6.45, 7) is 0. The van der Waals surface area contributed by atoms with E-state index in [2.05, 4.69) is 21.2 Å². The molecule has 0 aromatic heterocycles. The van der Waals surface area contributed by atoms with Crippen molar-refractivity contribution >= 4 is 21.8 Å². The van der Waals surface area contributed by atoms with Gasteiger partial charge in [-0.25, -0.2) is 0 Å². The molecule has 0 aromatic carbocycles. The minimum Gasteiger partial charge on any atom is -0.353 e. The molecule has 0 aromatic rings. The topological polar surface area (TPSA) is 29.1 Å². The molecule has 3 fully saturated rings. The lowest BCUT2D eigenvalue weighted by Gasteiger charge is -2.39. The lowest BCUT2D eigenvalue weighted by Crippen LogP contribution is -2.43. The smallest absolute Gasteiger partial charge is 0.223 e. The van der Waals surface area contributed by atoms with Crippen LogP contribution in [0.1, 0.15) is 64.2 Å². The monoisotopic (exact) mass is 341 g/mol. The van der Waals surface area contributed by atoms with Crippen LogP contribution in [0.15, 0.2) is 0 Å². The molecule has 3 aliphatic rings. The quantitative estimate of drug-likeness (QED) is 0.763. The molecule has 1 N–H and O–H groups in total. The lowest BCUT2D eigenvalue weighted by molar-refractivity contribution is -0.128. The van der Waals surface area contributed by atoms with Crippen LogP contribution in [0.5, 0.6) is 0 Å². The molecular formula is C17H28BrNO. The highest BCUT2D eigenvalue weighted by molar-refractivity contribution is 9.09. The summed E-state index contributed by atoms with van der Waals surface area (Å²) >= 11 is 3.60. The van der Waals surface area contributed by atoms with E-state index in [1.165, 1.54) is 57.8 Å². The summed E-state index contributed by atoms with van der Waals surface area (Å²) in [6, 6.07) is 0.436. The summed E-state index contributed by atoms with van der Waals surface area (Å²) in [5.41, 5.74) is 0. The van der Waals surface area contributed by atoms with Crippen molar-refractivity contribution in [2.75, 3.05) is 5.33 Å². The Morgan fingerprint density at radius 3 is 2.55 bits per heavy atom. The van der Waals surface area contributed by atoms with Gasteiger partial charge in [0.25, 0.3) is 0 Å². The molecule has 3 saturated carbocycles. The minimum absolute atomic E-state index is 0.311. The largest absolute Gasteiger partial charge is 0.353 e. The second-order valence-electron chi connectivity index (χ2n) is 7.27. The van der Waals surface area contributed by atoms with Crippen LogP contribution in [0.3, 0.4) is 0 Å². The van der Waals surface area contributed by atoms with Crippen molar-refractivity contribution in [1.82, 2.24) is 5.32 Å². The lowest BCUT2D eigenvalue weighted by atomic mass is 9.67. The molecule has 5 atom stereocenters. The van der Waals surface area contributed by atoms with Crippen molar-refractivity contribution in [3.63, 3.8) is 0 Å². The third-order valence-electron chi connectivity index (χ3n) is 6.10. The van der Waals surface area contributed by atoms with Gasteiger partial charge in [-0.1, -0.05) is 48.0 Å². The second-order valence-corrected chi connectivity index (χ2v) is 7.92. The van der Waals surface area contributed by atoms with Crippen molar-refractivity contribution in [3.8, 4) is 0 Å². The number of carbonyl (C=O) groups excluding carboxylic acids is 1. The van der Waals surface area contributed by atoms with E-state index in [1.807, 2.05) is 0 Å². The highest BCUT2D eigenvalue weighted by Crippen LogP contribution is 2.42. The van der Waals surface area contributed by atoms with E-state index in [1.54, 1.807) is 0 Å². The molecule has 3 aliphatic carbocycles. The van der Waals surface area contributed by atoms with Crippen LogP contribution < -0.4 is 5.32 Å². The number of amides is 1. The number of carbonyl (C=O) groups is 1. The standard InChI is InChI=1S/C17H28BrNO/c18-11-15-6-3-7-16(15)19-17(20)14-9-8-12-4-1-2-5-13(12)10-14/h12-16H,1-11H2,(H,19,20). The highest BCUT2D eigenvalue weighted by atomic mass is 79.9. The van der Waals surface area contributed by atoms with Crippen molar-refractivity contribution in [2.45, 2.75) is 70.3 Å². The molecule has 3 heteroatoms.